The van der Waals surface area contributed by atoms with Crippen LogP contribution in [0, 0.1) is 0 Å². The first kappa shape index (κ1) is 16.4. The molecule has 0 bridgehead atoms. The quantitative estimate of drug-likeness (QED) is 0.640. The van der Waals surface area contributed by atoms with Crippen molar-refractivity contribution in [3.63, 3.8) is 0 Å². The van der Waals surface area contributed by atoms with Crippen LogP contribution in [0.15, 0.2) is 60.7 Å². The zero-order valence-corrected chi connectivity index (χ0v) is 13.4. The van der Waals surface area contributed by atoms with E-state index in [1.807, 2.05) is 36.4 Å². The molecule has 0 fully saturated rings. The molecule has 0 unspecified atom stereocenters. The summed E-state index contributed by atoms with van der Waals surface area (Å²) in [5, 5.41) is -0.0408. The normalized spacial score (nSPS) is 13.8. The van der Waals surface area contributed by atoms with Crippen LogP contribution in [0.2, 0.25) is 0 Å². The molecule has 0 N–H and O–H groups in total. The summed E-state index contributed by atoms with van der Waals surface area (Å²) in [6.45, 7) is 1.04. The molecule has 21 heavy (non-hydrogen) atoms. The predicted molar refractivity (Wildman–Crippen MR) is 90.4 cm³/mol. The molecule has 0 heterocycles. The number of hydrogen-bond donors (Lipinski definition) is 0. The molecule has 2 aromatic carbocycles. The van der Waals surface area contributed by atoms with Crippen LogP contribution in [0.1, 0.15) is 11.1 Å². The molecule has 2 aromatic rings. The van der Waals surface area contributed by atoms with Gasteiger partial charge in [0.1, 0.15) is 0 Å². The maximum absolute atomic E-state index is 6.29. The fourth-order valence-electron chi connectivity index (χ4n) is 2.18. The highest BCUT2D eigenvalue weighted by Crippen LogP contribution is 2.11. The molecule has 1 nitrogen and oxygen atoms in total. The van der Waals surface area contributed by atoms with E-state index < -0.39 is 0 Å². The summed E-state index contributed by atoms with van der Waals surface area (Å²) < 4.78 is 5.64. The van der Waals surface area contributed by atoms with E-state index in [2.05, 4.69) is 24.3 Å². The smallest absolute Gasteiger partial charge is 0.0634 e. The molecule has 3 heteroatoms. The van der Waals surface area contributed by atoms with Crippen molar-refractivity contribution in [2.75, 3.05) is 13.2 Å². The maximum atomic E-state index is 6.29. The van der Waals surface area contributed by atoms with Crippen molar-refractivity contribution in [1.29, 1.82) is 0 Å². The summed E-state index contributed by atoms with van der Waals surface area (Å²) in [6, 6.07) is 20.4. The standard InChI is InChI=1S/C18H20Cl2O/c19-17(11-15-7-3-1-4-8-15)13-21-14-18(20)12-16-9-5-2-6-10-16/h1-10,17-18H,11-14H2/t17-,18-/m1/s1. The summed E-state index contributed by atoms with van der Waals surface area (Å²) in [4.78, 5) is 0. The van der Waals surface area contributed by atoms with Gasteiger partial charge in [0.2, 0.25) is 0 Å². The SMILES string of the molecule is Cl[C@@H](COC[C@H](Cl)Cc1ccccc1)Cc1ccccc1. The molecule has 2 rings (SSSR count). The summed E-state index contributed by atoms with van der Waals surface area (Å²) >= 11 is 12.6. The lowest BCUT2D eigenvalue weighted by Crippen LogP contribution is -2.18. The Morgan fingerprint density at radius 1 is 0.667 bits per heavy atom. The highest BCUT2D eigenvalue weighted by Gasteiger charge is 2.10. The zero-order valence-electron chi connectivity index (χ0n) is 11.9. The lowest BCUT2D eigenvalue weighted by molar-refractivity contribution is 0.134. The minimum absolute atomic E-state index is 0.0204. The van der Waals surface area contributed by atoms with E-state index in [4.69, 9.17) is 27.9 Å². The van der Waals surface area contributed by atoms with E-state index in [0.29, 0.717) is 13.2 Å². The third kappa shape index (κ3) is 6.52. The van der Waals surface area contributed by atoms with Crippen molar-refractivity contribution < 1.29 is 4.74 Å². The molecule has 2 atom stereocenters. The number of hydrogen-bond acceptors (Lipinski definition) is 1. The van der Waals surface area contributed by atoms with Crippen LogP contribution in [-0.2, 0) is 17.6 Å². The fraction of sp³-hybridized carbons (Fsp3) is 0.333. The summed E-state index contributed by atoms with van der Waals surface area (Å²) in [5.74, 6) is 0. The van der Waals surface area contributed by atoms with Gasteiger partial charge in [0.15, 0.2) is 0 Å². The van der Waals surface area contributed by atoms with E-state index >= 15 is 0 Å². The summed E-state index contributed by atoms with van der Waals surface area (Å²) in [6.07, 6.45) is 1.63. The Morgan fingerprint density at radius 3 is 1.43 bits per heavy atom. The van der Waals surface area contributed by atoms with Crippen molar-refractivity contribution in [3.8, 4) is 0 Å². The van der Waals surface area contributed by atoms with E-state index in [0.717, 1.165) is 12.8 Å². The number of alkyl halides is 2. The highest BCUT2D eigenvalue weighted by molar-refractivity contribution is 6.21. The van der Waals surface area contributed by atoms with Gasteiger partial charge >= 0.3 is 0 Å². The van der Waals surface area contributed by atoms with Crippen LogP contribution < -0.4 is 0 Å². The first-order chi connectivity index (χ1) is 10.2. The molecular formula is C18H20Cl2O. The van der Waals surface area contributed by atoms with Gasteiger partial charge in [0.05, 0.1) is 24.0 Å². The average Bonchev–Trinajstić information content (AvgIpc) is 2.49. The Morgan fingerprint density at radius 2 is 1.05 bits per heavy atom. The van der Waals surface area contributed by atoms with E-state index in [1.165, 1.54) is 11.1 Å². The molecule has 0 amide bonds. The Kier molecular flexibility index (Phi) is 7.08. The number of halogens is 2. The first-order valence-corrected chi connectivity index (χ1v) is 8.05. The van der Waals surface area contributed by atoms with E-state index in [9.17, 15) is 0 Å². The summed E-state index contributed by atoms with van der Waals surface area (Å²) in [7, 11) is 0. The molecule has 0 saturated heterocycles. The molecule has 0 aliphatic carbocycles. The van der Waals surface area contributed by atoms with Crippen LogP contribution in [0.4, 0.5) is 0 Å². The van der Waals surface area contributed by atoms with Gasteiger partial charge in [-0.25, -0.2) is 0 Å². The van der Waals surface area contributed by atoms with Crippen molar-refractivity contribution >= 4 is 23.2 Å². The number of ether oxygens (including phenoxy) is 1. The lowest BCUT2D eigenvalue weighted by Gasteiger charge is -2.13. The van der Waals surface area contributed by atoms with Gasteiger partial charge in [-0.2, -0.15) is 0 Å². The maximum Gasteiger partial charge on any atom is 0.0634 e. The van der Waals surface area contributed by atoms with Gasteiger partial charge in [0, 0.05) is 0 Å². The molecule has 0 aliphatic rings. The average molecular weight is 323 g/mol. The molecule has 0 radical (unpaired) electrons. The van der Waals surface area contributed by atoms with Crippen LogP contribution >= 0.6 is 23.2 Å². The third-order valence-corrected chi connectivity index (χ3v) is 3.76. The van der Waals surface area contributed by atoms with Crippen LogP contribution in [-0.4, -0.2) is 24.0 Å². The first-order valence-electron chi connectivity index (χ1n) is 7.18. The van der Waals surface area contributed by atoms with Gasteiger partial charge in [-0.3, -0.25) is 0 Å². The number of benzene rings is 2. The van der Waals surface area contributed by atoms with Crippen molar-refractivity contribution in [2.45, 2.75) is 23.6 Å². The molecule has 0 spiro atoms. The van der Waals surface area contributed by atoms with Crippen molar-refractivity contribution in [3.05, 3.63) is 71.8 Å². The van der Waals surface area contributed by atoms with E-state index in [-0.39, 0.29) is 10.8 Å². The second-order valence-electron chi connectivity index (χ2n) is 5.11. The van der Waals surface area contributed by atoms with Gasteiger partial charge in [0.25, 0.3) is 0 Å². The zero-order chi connectivity index (χ0) is 14.9. The fourth-order valence-corrected chi connectivity index (χ4v) is 2.72. The van der Waals surface area contributed by atoms with Crippen LogP contribution in [0.5, 0.6) is 0 Å². The molecule has 112 valence electrons. The minimum Gasteiger partial charge on any atom is -0.378 e. The Balaban J connectivity index is 1.64. The Labute approximate surface area is 136 Å². The van der Waals surface area contributed by atoms with Crippen molar-refractivity contribution in [1.82, 2.24) is 0 Å². The monoisotopic (exact) mass is 322 g/mol. The Hall–Kier alpha value is -1.02. The highest BCUT2D eigenvalue weighted by atomic mass is 35.5. The number of rotatable bonds is 8. The summed E-state index contributed by atoms with van der Waals surface area (Å²) in [5.41, 5.74) is 2.46. The van der Waals surface area contributed by atoms with Gasteiger partial charge in [-0.05, 0) is 24.0 Å². The van der Waals surface area contributed by atoms with Gasteiger partial charge in [-0.1, -0.05) is 60.7 Å². The van der Waals surface area contributed by atoms with E-state index in [1.54, 1.807) is 0 Å². The largest absolute Gasteiger partial charge is 0.378 e. The topological polar surface area (TPSA) is 9.23 Å². The molecule has 0 aromatic heterocycles. The molecule has 0 aliphatic heterocycles. The van der Waals surface area contributed by atoms with Gasteiger partial charge < -0.3 is 4.74 Å². The minimum atomic E-state index is -0.0204. The molecule has 0 saturated carbocycles. The van der Waals surface area contributed by atoms with Crippen molar-refractivity contribution in [2.24, 2.45) is 0 Å². The van der Waals surface area contributed by atoms with Gasteiger partial charge in [-0.15, -0.1) is 23.2 Å². The molecular weight excluding hydrogens is 303 g/mol. The second-order valence-corrected chi connectivity index (χ2v) is 6.35. The second kappa shape index (κ2) is 9.09. The third-order valence-electron chi connectivity index (χ3n) is 3.20. The lowest BCUT2D eigenvalue weighted by atomic mass is 10.1. The van der Waals surface area contributed by atoms with Crippen LogP contribution in [0.25, 0.3) is 0 Å². The van der Waals surface area contributed by atoms with Crippen LogP contribution in [0.3, 0.4) is 0 Å². The predicted octanol–water partition coefficient (Wildman–Crippen LogP) is 4.70. The Bertz CT molecular complexity index is 454.